The van der Waals surface area contributed by atoms with Gasteiger partial charge in [-0.2, -0.15) is 4.31 Å². The molecule has 1 atom stereocenters. The number of ether oxygens (including phenoxy) is 1. The molecule has 0 heterocycles. The summed E-state index contributed by atoms with van der Waals surface area (Å²) in [7, 11) is 1.06. The summed E-state index contributed by atoms with van der Waals surface area (Å²) in [5.41, 5.74) is 0.834. The minimum absolute atomic E-state index is 0.00997. The van der Waals surface area contributed by atoms with Crippen molar-refractivity contribution in [3.63, 3.8) is 0 Å². The number of benzene rings is 1. The molecule has 0 amide bonds. The Kier molecular flexibility index (Phi) is 5.74. The molecular weight excluding hydrogens is 268 g/mol. The highest BCUT2D eigenvalue weighted by molar-refractivity contribution is 7.89. The zero-order chi connectivity index (χ0) is 14.5. The molecule has 0 fully saturated rings. The maximum Gasteiger partial charge on any atom is 0.242 e. The van der Waals surface area contributed by atoms with Gasteiger partial charge < -0.3 is 15.2 Å². The van der Waals surface area contributed by atoms with Gasteiger partial charge in [-0.15, -0.1) is 0 Å². The number of anilines is 1. The van der Waals surface area contributed by atoms with Crippen LogP contribution in [0.1, 0.15) is 0 Å². The smallest absolute Gasteiger partial charge is 0.242 e. The van der Waals surface area contributed by atoms with Crippen molar-refractivity contribution in [1.82, 2.24) is 4.31 Å². The molecule has 1 rings (SSSR count). The molecule has 0 saturated carbocycles. The second-order valence-electron chi connectivity index (χ2n) is 4.17. The Morgan fingerprint density at radius 1 is 1.37 bits per heavy atom. The number of likely N-dealkylation sites (N-methyl/N-ethyl adjacent to an activating group) is 1. The average molecular weight is 288 g/mol. The van der Waals surface area contributed by atoms with Crippen LogP contribution in [0.4, 0.5) is 5.69 Å². The van der Waals surface area contributed by atoms with Gasteiger partial charge in [0, 0.05) is 33.4 Å². The summed E-state index contributed by atoms with van der Waals surface area (Å²) >= 11 is 0. The van der Waals surface area contributed by atoms with Gasteiger partial charge in [0.15, 0.2) is 0 Å². The van der Waals surface area contributed by atoms with Gasteiger partial charge >= 0.3 is 0 Å². The summed E-state index contributed by atoms with van der Waals surface area (Å²) in [4.78, 5) is 0.193. The average Bonchev–Trinajstić information content (AvgIpc) is 2.39. The lowest BCUT2D eigenvalue weighted by Crippen LogP contribution is -2.36. The molecule has 0 saturated heterocycles. The number of hydrogen-bond donors (Lipinski definition) is 2. The van der Waals surface area contributed by atoms with Crippen LogP contribution in [0.15, 0.2) is 29.2 Å². The molecule has 2 N–H and O–H groups in total. The zero-order valence-corrected chi connectivity index (χ0v) is 12.1. The lowest BCUT2D eigenvalue weighted by Gasteiger charge is -2.20. The molecule has 0 spiro atoms. The Morgan fingerprint density at radius 3 is 2.42 bits per heavy atom. The fourth-order valence-electron chi connectivity index (χ4n) is 1.61. The molecule has 19 heavy (non-hydrogen) atoms. The highest BCUT2D eigenvalue weighted by Gasteiger charge is 2.22. The molecular formula is C12H20N2O4S. The fraction of sp³-hybridized carbons (Fsp3) is 0.500. The monoisotopic (exact) mass is 288 g/mol. The summed E-state index contributed by atoms with van der Waals surface area (Å²) in [6.07, 6.45) is -0.846. The van der Waals surface area contributed by atoms with Gasteiger partial charge in [-0.05, 0) is 24.3 Å². The van der Waals surface area contributed by atoms with E-state index in [0.29, 0.717) is 0 Å². The van der Waals surface area contributed by atoms with Gasteiger partial charge in [-0.1, -0.05) is 0 Å². The number of methoxy groups -OCH3 is 1. The number of nitrogens with zero attached hydrogens (tertiary/aromatic N) is 1. The number of aliphatic hydroxyl groups excluding tert-OH is 1. The zero-order valence-electron chi connectivity index (χ0n) is 11.3. The van der Waals surface area contributed by atoms with Crippen molar-refractivity contribution in [2.45, 2.75) is 11.0 Å². The van der Waals surface area contributed by atoms with Crippen LogP contribution in [-0.2, 0) is 14.8 Å². The molecule has 108 valence electrons. The first-order valence-corrected chi connectivity index (χ1v) is 7.27. The van der Waals surface area contributed by atoms with E-state index in [0.717, 1.165) is 9.99 Å². The van der Waals surface area contributed by atoms with E-state index in [4.69, 9.17) is 4.74 Å². The van der Waals surface area contributed by atoms with E-state index in [1.54, 1.807) is 19.2 Å². The van der Waals surface area contributed by atoms with Crippen LogP contribution in [0.3, 0.4) is 0 Å². The summed E-state index contributed by atoms with van der Waals surface area (Å²) in [5, 5.41) is 12.5. The first kappa shape index (κ1) is 15.9. The fourth-order valence-corrected chi connectivity index (χ4v) is 2.82. The highest BCUT2D eigenvalue weighted by Crippen LogP contribution is 2.17. The topological polar surface area (TPSA) is 78.9 Å². The predicted molar refractivity (Wildman–Crippen MR) is 73.7 cm³/mol. The van der Waals surface area contributed by atoms with E-state index in [9.17, 15) is 13.5 Å². The molecule has 0 aliphatic heterocycles. The van der Waals surface area contributed by atoms with E-state index < -0.39 is 16.1 Å². The van der Waals surface area contributed by atoms with Gasteiger partial charge in [0.2, 0.25) is 10.0 Å². The molecule has 6 nitrogen and oxygen atoms in total. The van der Waals surface area contributed by atoms with E-state index in [1.807, 2.05) is 0 Å². The van der Waals surface area contributed by atoms with E-state index in [-0.39, 0.29) is 18.0 Å². The minimum Gasteiger partial charge on any atom is -0.389 e. The second-order valence-corrected chi connectivity index (χ2v) is 6.21. The lowest BCUT2D eigenvalue weighted by atomic mass is 10.3. The van der Waals surface area contributed by atoms with Crippen molar-refractivity contribution in [2.75, 3.05) is 39.7 Å². The quantitative estimate of drug-likeness (QED) is 0.757. The number of sulfonamides is 1. The van der Waals surface area contributed by atoms with Crippen molar-refractivity contribution in [3.8, 4) is 0 Å². The number of nitrogens with one attached hydrogen (secondary N) is 1. The molecule has 0 aliphatic carbocycles. The Morgan fingerprint density at radius 2 is 1.95 bits per heavy atom. The molecule has 0 aliphatic rings. The van der Waals surface area contributed by atoms with Gasteiger partial charge in [-0.3, -0.25) is 0 Å². The van der Waals surface area contributed by atoms with E-state index in [2.05, 4.69) is 5.32 Å². The first-order valence-electron chi connectivity index (χ1n) is 5.83. The van der Waals surface area contributed by atoms with Crippen molar-refractivity contribution >= 4 is 15.7 Å². The van der Waals surface area contributed by atoms with Crippen molar-refractivity contribution < 1.29 is 18.3 Å². The summed E-state index contributed by atoms with van der Waals surface area (Å²) < 4.78 is 30.3. The van der Waals surface area contributed by atoms with Crippen LogP contribution in [-0.4, -0.2) is 58.3 Å². The molecule has 1 unspecified atom stereocenters. The summed E-state index contributed by atoms with van der Waals surface area (Å²) in [6, 6.07) is 6.43. The number of rotatable bonds is 7. The van der Waals surface area contributed by atoms with Gasteiger partial charge in [0.1, 0.15) is 0 Å². The van der Waals surface area contributed by atoms with Gasteiger partial charge in [-0.25, -0.2) is 8.42 Å². The highest BCUT2D eigenvalue weighted by atomic mass is 32.2. The van der Waals surface area contributed by atoms with Crippen molar-refractivity contribution in [1.29, 1.82) is 0 Å². The molecule has 0 radical (unpaired) electrons. The number of hydrogen-bond acceptors (Lipinski definition) is 5. The maximum absolute atomic E-state index is 12.2. The van der Waals surface area contributed by atoms with E-state index >= 15 is 0 Å². The van der Waals surface area contributed by atoms with Crippen LogP contribution in [0.5, 0.6) is 0 Å². The largest absolute Gasteiger partial charge is 0.389 e. The van der Waals surface area contributed by atoms with Crippen molar-refractivity contribution in [2.24, 2.45) is 0 Å². The standard InChI is InChI=1S/C12H20N2O4S/c1-13-10-4-6-12(7-5-10)19(16,17)14(2)8-11(15)9-18-3/h4-7,11,13,15H,8-9H2,1-3H3. The molecule has 1 aromatic carbocycles. The summed E-state index contributed by atoms with van der Waals surface area (Å²) in [6.45, 7) is 0.0858. The predicted octanol–water partition coefficient (Wildman–Crippen LogP) is 0.356. The van der Waals surface area contributed by atoms with Crippen LogP contribution in [0.2, 0.25) is 0 Å². The summed E-state index contributed by atoms with van der Waals surface area (Å²) in [5.74, 6) is 0. The third-order valence-corrected chi connectivity index (χ3v) is 4.52. The van der Waals surface area contributed by atoms with Crippen LogP contribution >= 0.6 is 0 Å². The lowest BCUT2D eigenvalue weighted by molar-refractivity contribution is 0.0554. The third-order valence-electron chi connectivity index (χ3n) is 2.68. The number of aliphatic hydroxyl groups is 1. The Labute approximate surface area is 114 Å². The Bertz CT molecular complexity index is 487. The first-order chi connectivity index (χ1) is 8.91. The molecule has 0 bridgehead atoms. The Hall–Kier alpha value is -1.15. The third kappa shape index (κ3) is 4.17. The second kappa shape index (κ2) is 6.85. The van der Waals surface area contributed by atoms with Gasteiger partial charge in [0.25, 0.3) is 0 Å². The maximum atomic E-state index is 12.2. The van der Waals surface area contributed by atoms with Crippen molar-refractivity contribution in [3.05, 3.63) is 24.3 Å². The molecule has 1 aromatic rings. The normalized spacial score (nSPS) is 13.5. The molecule has 0 aromatic heterocycles. The van der Waals surface area contributed by atoms with E-state index in [1.165, 1.54) is 26.3 Å². The van der Waals surface area contributed by atoms with Crippen LogP contribution < -0.4 is 5.32 Å². The van der Waals surface area contributed by atoms with Crippen LogP contribution in [0, 0.1) is 0 Å². The Balaban J connectivity index is 2.83. The molecule has 7 heteroatoms. The SMILES string of the molecule is CNc1ccc(S(=O)(=O)N(C)CC(O)COC)cc1. The van der Waals surface area contributed by atoms with Crippen LogP contribution in [0.25, 0.3) is 0 Å². The minimum atomic E-state index is -3.59. The van der Waals surface area contributed by atoms with Gasteiger partial charge in [0.05, 0.1) is 17.6 Å².